The van der Waals surface area contributed by atoms with E-state index in [-0.39, 0.29) is 18.0 Å². The smallest absolute Gasteiger partial charge is 0.243 e. The second-order valence-electron chi connectivity index (χ2n) is 7.10. The largest absolute Gasteiger partial charge is 0.324 e. The number of para-hydroxylation sites is 1. The molecule has 0 spiro atoms. The van der Waals surface area contributed by atoms with Gasteiger partial charge in [-0.2, -0.15) is 4.31 Å². The highest BCUT2D eigenvalue weighted by Crippen LogP contribution is 2.23. The number of sulfonamides is 1. The van der Waals surface area contributed by atoms with E-state index in [0.717, 1.165) is 21.2 Å². The number of nitrogens with zero attached hydrogens (tertiary/aromatic N) is 1. The Labute approximate surface area is 185 Å². The van der Waals surface area contributed by atoms with E-state index in [1.165, 1.54) is 4.31 Å². The van der Waals surface area contributed by atoms with Crippen LogP contribution in [0.2, 0.25) is 0 Å². The summed E-state index contributed by atoms with van der Waals surface area (Å²) in [5.74, 6) is -0.412. The fourth-order valence-electron chi connectivity index (χ4n) is 3.01. The predicted octanol–water partition coefficient (Wildman–Crippen LogP) is 4.90. The molecule has 0 bridgehead atoms. The summed E-state index contributed by atoms with van der Waals surface area (Å²) < 4.78 is 28.6. The molecule has 30 heavy (non-hydrogen) atoms. The van der Waals surface area contributed by atoms with Crippen molar-refractivity contribution in [2.24, 2.45) is 0 Å². The summed E-state index contributed by atoms with van der Waals surface area (Å²) in [6.45, 7) is 3.64. The van der Waals surface area contributed by atoms with Gasteiger partial charge in [-0.05, 0) is 59.6 Å². The van der Waals surface area contributed by atoms with Crippen LogP contribution >= 0.6 is 15.9 Å². The third-order valence-corrected chi connectivity index (χ3v) is 7.07. The van der Waals surface area contributed by atoms with Gasteiger partial charge in [0.1, 0.15) is 0 Å². The molecule has 0 fully saturated rings. The minimum Gasteiger partial charge on any atom is -0.324 e. The van der Waals surface area contributed by atoms with Gasteiger partial charge in [0.2, 0.25) is 15.9 Å². The number of benzene rings is 3. The van der Waals surface area contributed by atoms with E-state index < -0.39 is 15.9 Å². The number of rotatable bonds is 7. The van der Waals surface area contributed by atoms with E-state index in [0.29, 0.717) is 5.69 Å². The molecule has 0 saturated carbocycles. The lowest BCUT2D eigenvalue weighted by atomic mass is 10.1. The Kier molecular flexibility index (Phi) is 7.07. The highest BCUT2D eigenvalue weighted by molar-refractivity contribution is 9.10. The minimum absolute atomic E-state index is 0.0985. The second kappa shape index (κ2) is 9.55. The highest BCUT2D eigenvalue weighted by Gasteiger charge is 2.27. The molecular formula is C23H23BrN2O3S. The van der Waals surface area contributed by atoms with Crippen LogP contribution < -0.4 is 5.32 Å². The van der Waals surface area contributed by atoms with Crippen molar-refractivity contribution in [3.8, 4) is 0 Å². The van der Waals surface area contributed by atoms with Gasteiger partial charge in [-0.25, -0.2) is 8.42 Å². The van der Waals surface area contributed by atoms with Gasteiger partial charge in [0.25, 0.3) is 0 Å². The molecule has 3 aromatic carbocycles. The van der Waals surface area contributed by atoms with Crippen LogP contribution in [0.5, 0.6) is 0 Å². The van der Waals surface area contributed by atoms with E-state index in [1.807, 2.05) is 50.2 Å². The number of aryl methyl sites for hydroxylation is 2. The molecule has 0 saturated heterocycles. The van der Waals surface area contributed by atoms with Crippen LogP contribution in [0.25, 0.3) is 0 Å². The zero-order valence-corrected chi connectivity index (χ0v) is 19.2. The Hall–Kier alpha value is -2.48. The van der Waals surface area contributed by atoms with Crippen LogP contribution in [0.1, 0.15) is 16.7 Å². The first-order valence-electron chi connectivity index (χ1n) is 9.42. The molecule has 3 rings (SSSR count). The van der Waals surface area contributed by atoms with Gasteiger partial charge < -0.3 is 5.32 Å². The normalized spacial score (nSPS) is 11.5. The number of anilines is 1. The van der Waals surface area contributed by atoms with Crippen LogP contribution in [0.15, 0.2) is 82.2 Å². The minimum atomic E-state index is -3.87. The summed E-state index contributed by atoms with van der Waals surface area (Å²) >= 11 is 3.39. The SMILES string of the molecule is Cc1ccc(S(=O)(=O)N(CC(=O)Nc2ccccc2Br)Cc2cccc(C)c2)cc1. The third-order valence-electron chi connectivity index (χ3n) is 4.57. The van der Waals surface area contributed by atoms with Crippen molar-refractivity contribution in [2.75, 3.05) is 11.9 Å². The maximum absolute atomic E-state index is 13.3. The van der Waals surface area contributed by atoms with Crippen molar-refractivity contribution in [3.05, 3.63) is 94.0 Å². The van der Waals surface area contributed by atoms with Crippen molar-refractivity contribution in [1.82, 2.24) is 4.31 Å². The van der Waals surface area contributed by atoms with Gasteiger partial charge in [0, 0.05) is 11.0 Å². The highest BCUT2D eigenvalue weighted by atomic mass is 79.9. The maximum Gasteiger partial charge on any atom is 0.243 e. The molecule has 0 aliphatic carbocycles. The first-order chi connectivity index (χ1) is 14.3. The molecular weight excluding hydrogens is 464 g/mol. The first-order valence-corrected chi connectivity index (χ1v) is 11.7. The quantitative estimate of drug-likeness (QED) is 0.516. The van der Waals surface area contributed by atoms with Gasteiger partial charge in [-0.1, -0.05) is 59.7 Å². The van der Waals surface area contributed by atoms with Gasteiger partial charge >= 0.3 is 0 Å². The fourth-order valence-corrected chi connectivity index (χ4v) is 4.78. The molecule has 0 aliphatic heterocycles. The van der Waals surface area contributed by atoms with Crippen molar-refractivity contribution in [2.45, 2.75) is 25.3 Å². The number of carbonyl (C=O) groups excluding carboxylic acids is 1. The van der Waals surface area contributed by atoms with Crippen LogP contribution in [-0.2, 0) is 21.4 Å². The zero-order valence-electron chi connectivity index (χ0n) is 16.8. The Morgan fingerprint density at radius 2 is 1.63 bits per heavy atom. The third kappa shape index (κ3) is 5.56. The van der Waals surface area contributed by atoms with Crippen molar-refractivity contribution in [3.63, 3.8) is 0 Å². The van der Waals surface area contributed by atoms with Crippen molar-refractivity contribution >= 4 is 37.5 Å². The topological polar surface area (TPSA) is 66.5 Å². The first kappa shape index (κ1) is 22.2. The number of halogens is 1. The lowest BCUT2D eigenvalue weighted by Gasteiger charge is -2.22. The van der Waals surface area contributed by atoms with E-state index in [9.17, 15) is 13.2 Å². The summed E-state index contributed by atoms with van der Waals surface area (Å²) in [6, 6.07) is 21.4. The number of hydrogen-bond donors (Lipinski definition) is 1. The Balaban J connectivity index is 1.89. The Morgan fingerprint density at radius 3 is 2.30 bits per heavy atom. The van der Waals surface area contributed by atoms with Crippen molar-refractivity contribution in [1.29, 1.82) is 0 Å². The Bertz CT molecular complexity index is 1150. The van der Waals surface area contributed by atoms with Gasteiger partial charge in [-0.3, -0.25) is 4.79 Å². The predicted molar refractivity (Wildman–Crippen MR) is 123 cm³/mol. The number of carbonyl (C=O) groups is 1. The lowest BCUT2D eigenvalue weighted by molar-refractivity contribution is -0.116. The summed E-state index contributed by atoms with van der Waals surface area (Å²) in [6.07, 6.45) is 0. The molecule has 0 aliphatic rings. The van der Waals surface area contributed by atoms with E-state index in [1.54, 1.807) is 36.4 Å². The fraction of sp³-hybridized carbons (Fsp3) is 0.174. The van der Waals surface area contributed by atoms with Gasteiger partial charge in [0.05, 0.1) is 17.1 Å². The number of amides is 1. The Morgan fingerprint density at radius 1 is 0.933 bits per heavy atom. The molecule has 1 N–H and O–H groups in total. The van der Waals surface area contributed by atoms with Crippen LogP contribution in [0.4, 0.5) is 5.69 Å². The monoisotopic (exact) mass is 486 g/mol. The molecule has 0 atom stereocenters. The second-order valence-corrected chi connectivity index (χ2v) is 9.90. The number of hydrogen-bond acceptors (Lipinski definition) is 3. The molecule has 0 radical (unpaired) electrons. The average Bonchev–Trinajstić information content (AvgIpc) is 2.69. The summed E-state index contributed by atoms with van der Waals surface area (Å²) in [5.41, 5.74) is 3.40. The standard InChI is InChI=1S/C23H23BrN2O3S/c1-17-10-12-20(13-11-17)30(28,29)26(15-19-7-5-6-18(2)14-19)16-23(27)25-22-9-4-3-8-21(22)24/h3-14H,15-16H2,1-2H3,(H,25,27). The van der Waals surface area contributed by atoms with Crippen molar-refractivity contribution < 1.29 is 13.2 Å². The summed E-state index contributed by atoms with van der Waals surface area (Å²) in [5, 5.41) is 2.78. The van der Waals surface area contributed by atoms with Crippen LogP contribution in [-0.4, -0.2) is 25.2 Å². The zero-order chi connectivity index (χ0) is 21.7. The van der Waals surface area contributed by atoms with Gasteiger partial charge in [0.15, 0.2) is 0 Å². The molecule has 3 aromatic rings. The molecule has 7 heteroatoms. The van der Waals surface area contributed by atoms with Crippen LogP contribution in [0, 0.1) is 13.8 Å². The van der Waals surface area contributed by atoms with Gasteiger partial charge in [-0.15, -0.1) is 0 Å². The van der Waals surface area contributed by atoms with E-state index >= 15 is 0 Å². The molecule has 0 heterocycles. The molecule has 0 aromatic heterocycles. The molecule has 156 valence electrons. The van der Waals surface area contributed by atoms with E-state index in [4.69, 9.17) is 0 Å². The lowest BCUT2D eigenvalue weighted by Crippen LogP contribution is -2.37. The maximum atomic E-state index is 13.3. The summed E-state index contributed by atoms with van der Waals surface area (Å²) in [7, 11) is -3.87. The molecule has 1 amide bonds. The molecule has 0 unspecified atom stereocenters. The number of nitrogens with one attached hydrogen (secondary N) is 1. The molecule has 5 nitrogen and oxygen atoms in total. The van der Waals surface area contributed by atoms with Crippen LogP contribution in [0.3, 0.4) is 0 Å². The van der Waals surface area contributed by atoms with E-state index in [2.05, 4.69) is 21.2 Å². The summed E-state index contributed by atoms with van der Waals surface area (Å²) in [4.78, 5) is 12.9. The average molecular weight is 487 g/mol.